The van der Waals surface area contributed by atoms with E-state index in [9.17, 15) is 4.79 Å². The van der Waals surface area contributed by atoms with E-state index in [1.54, 1.807) is 0 Å². The summed E-state index contributed by atoms with van der Waals surface area (Å²) in [5.41, 5.74) is 2.65. The zero-order valence-corrected chi connectivity index (χ0v) is 18.6. The zero-order chi connectivity index (χ0) is 21.0. The molecule has 1 aromatic rings. The number of amides is 1. The lowest BCUT2D eigenvalue weighted by Gasteiger charge is -2.43. The molecule has 2 fully saturated rings. The minimum Gasteiger partial charge on any atom is -0.454 e. The third-order valence-corrected chi connectivity index (χ3v) is 7.28. The number of carbonyl (C=O) groups excluding carboxylic acids is 1. The maximum absolute atomic E-state index is 12.9. The van der Waals surface area contributed by atoms with E-state index in [4.69, 9.17) is 9.47 Å². The summed E-state index contributed by atoms with van der Waals surface area (Å²) < 4.78 is 10.9. The van der Waals surface area contributed by atoms with Crippen LogP contribution in [0.1, 0.15) is 50.5 Å². The molecule has 0 saturated carbocycles. The van der Waals surface area contributed by atoms with Gasteiger partial charge in [-0.25, -0.2) is 0 Å². The largest absolute Gasteiger partial charge is 0.454 e. The van der Waals surface area contributed by atoms with Crippen LogP contribution in [-0.2, 0) is 11.3 Å². The molecule has 2 saturated heterocycles. The van der Waals surface area contributed by atoms with Crippen LogP contribution < -0.4 is 9.47 Å². The first-order valence-corrected chi connectivity index (χ1v) is 12.1. The number of carbonyl (C=O) groups is 1. The van der Waals surface area contributed by atoms with Crippen molar-refractivity contribution in [1.29, 1.82) is 0 Å². The second kappa shape index (κ2) is 9.61. The van der Waals surface area contributed by atoms with Crippen LogP contribution in [-0.4, -0.2) is 72.7 Å². The van der Waals surface area contributed by atoms with Crippen molar-refractivity contribution in [3.05, 3.63) is 35.4 Å². The fraction of sp³-hybridized carbons (Fsp3) is 0.640. The third-order valence-electron chi connectivity index (χ3n) is 7.28. The summed E-state index contributed by atoms with van der Waals surface area (Å²) in [6.45, 7) is 7.45. The molecule has 0 radical (unpaired) electrons. The molecule has 1 aliphatic carbocycles. The lowest BCUT2D eigenvalue weighted by Crippen LogP contribution is -2.55. The summed E-state index contributed by atoms with van der Waals surface area (Å²) in [7, 11) is 0. The molecule has 1 atom stereocenters. The maximum atomic E-state index is 12.9. The van der Waals surface area contributed by atoms with Crippen molar-refractivity contribution >= 4 is 5.91 Å². The molecule has 5 rings (SSSR count). The third kappa shape index (κ3) is 5.07. The van der Waals surface area contributed by atoms with Crippen molar-refractivity contribution < 1.29 is 14.3 Å². The lowest BCUT2D eigenvalue weighted by atomic mass is 9.96. The van der Waals surface area contributed by atoms with Gasteiger partial charge in [-0.15, -0.1) is 0 Å². The Morgan fingerprint density at radius 3 is 2.71 bits per heavy atom. The number of hydrogen-bond acceptors (Lipinski definition) is 5. The number of piperazine rings is 1. The molecule has 6 heteroatoms. The van der Waals surface area contributed by atoms with Crippen LogP contribution in [0.25, 0.3) is 0 Å². The van der Waals surface area contributed by atoms with Crippen molar-refractivity contribution in [2.45, 2.75) is 57.5 Å². The first-order valence-electron chi connectivity index (χ1n) is 12.1. The average molecular weight is 426 g/mol. The average Bonchev–Trinajstić information content (AvgIpc) is 3.28. The number of ether oxygens (including phenoxy) is 2. The normalized spacial score (nSPS) is 24.8. The Balaban J connectivity index is 1.10. The van der Waals surface area contributed by atoms with E-state index in [-0.39, 0.29) is 0 Å². The number of hydrogen-bond donors (Lipinski definition) is 0. The Hall–Kier alpha value is -2.05. The van der Waals surface area contributed by atoms with Gasteiger partial charge in [0.25, 0.3) is 0 Å². The molecular formula is C25H35N3O3. The number of piperidine rings is 1. The van der Waals surface area contributed by atoms with Gasteiger partial charge in [-0.05, 0) is 56.2 Å². The van der Waals surface area contributed by atoms with Crippen LogP contribution in [0.15, 0.2) is 29.8 Å². The fourth-order valence-electron chi connectivity index (χ4n) is 5.43. The highest BCUT2D eigenvalue weighted by Crippen LogP contribution is 2.33. The Kier molecular flexibility index (Phi) is 6.46. The van der Waals surface area contributed by atoms with Gasteiger partial charge in [0.1, 0.15) is 0 Å². The van der Waals surface area contributed by atoms with Gasteiger partial charge in [-0.2, -0.15) is 0 Å². The number of likely N-dealkylation sites (tertiary alicyclic amines) is 1. The van der Waals surface area contributed by atoms with E-state index >= 15 is 0 Å². The molecule has 0 bridgehead atoms. The van der Waals surface area contributed by atoms with Crippen LogP contribution in [0, 0.1) is 0 Å². The van der Waals surface area contributed by atoms with Crippen LogP contribution in [0.5, 0.6) is 11.5 Å². The minimum absolute atomic E-state index is 0.329. The Morgan fingerprint density at radius 2 is 1.87 bits per heavy atom. The predicted molar refractivity (Wildman–Crippen MR) is 120 cm³/mol. The van der Waals surface area contributed by atoms with E-state index in [1.165, 1.54) is 30.4 Å². The summed E-state index contributed by atoms with van der Waals surface area (Å²) >= 11 is 0. The molecule has 3 heterocycles. The molecule has 1 unspecified atom stereocenters. The van der Waals surface area contributed by atoms with E-state index in [0.717, 1.165) is 76.6 Å². The maximum Gasteiger partial charge on any atom is 0.231 e. The van der Waals surface area contributed by atoms with Gasteiger partial charge in [-0.1, -0.05) is 17.7 Å². The van der Waals surface area contributed by atoms with E-state index in [1.807, 2.05) is 6.07 Å². The number of nitrogens with zero attached hydrogens (tertiary/aromatic N) is 3. The molecule has 3 aliphatic heterocycles. The summed E-state index contributed by atoms with van der Waals surface area (Å²) in [6, 6.07) is 6.80. The molecule has 1 amide bonds. The van der Waals surface area contributed by atoms with Gasteiger partial charge in [0.2, 0.25) is 12.7 Å². The number of rotatable bonds is 5. The van der Waals surface area contributed by atoms with E-state index in [0.29, 0.717) is 25.2 Å². The van der Waals surface area contributed by atoms with Crippen molar-refractivity contribution in [1.82, 2.24) is 14.7 Å². The number of benzene rings is 1. The standard InChI is InChI=1S/C25H35N3O3/c29-25(16-20-5-2-1-3-6-20)28-10-4-7-22(18-28)27-13-11-26(12-14-27)17-21-8-9-23-24(15-21)31-19-30-23/h5,8-9,15,22H,1-4,6-7,10-14,16-19H2. The molecule has 0 aromatic heterocycles. The molecule has 31 heavy (non-hydrogen) atoms. The number of fused-ring (bicyclic) bond motifs is 1. The highest BCUT2D eigenvalue weighted by Gasteiger charge is 2.30. The molecule has 0 N–H and O–H groups in total. The van der Waals surface area contributed by atoms with Crippen molar-refractivity contribution in [3.63, 3.8) is 0 Å². The van der Waals surface area contributed by atoms with Gasteiger partial charge in [0.15, 0.2) is 11.5 Å². The highest BCUT2D eigenvalue weighted by atomic mass is 16.7. The molecule has 1 aromatic carbocycles. The minimum atomic E-state index is 0.329. The summed E-state index contributed by atoms with van der Waals surface area (Å²) in [6.07, 6.45) is 10.1. The summed E-state index contributed by atoms with van der Waals surface area (Å²) in [4.78, 5) is 20.2. The molecule has 6 nitrogen and oxygen atoms in total. The Labute approximate surface area is 185 Å². The lowest BCUT2D eigenvalue weighted by molar-refractivity contribution is -0.132. The quantitative estimate of drug-likeness (QED) is 0.677. The smallest absolute Gasteiger partial charge is 0.231 e. The zero-order valence-electron chi connectivity index (χ0n) is 18.6. The first kappa shape index (κ1) is 20.8. The second-order valence-electron chi connectivity index (χ2n) is 9.42. The molecule has 168 valence electrons. The summed E-state index contributed by atoms with van der Waals surface area (Å²) in [5, 5.41) is 0. The van der Waals surface area contributed by atoms with Gasteiger partial charge in [0, 0.05) is 58.3 Å². The second-order valence-corrected chi connectivity index (χ2v) is 9.42. The highest BCUT2D eigenvalue weighted by molar-refractivity contribution is 5.78. The van der Waals surface area contributed by atoms with Crippen LogP contribution in [0.3, 0.4) is 0 Å². The SMILES string of the molecule is O=C(CC1=CCCCC1)N1CCCC(N2CCN(Cc3ccc4c(c3)OCO4)CC2)C1. The first-order chi connectivity index (χ1) is 15.2. The number of allylic oxidation sites excluding steroid dienone is 1. The van der Waals surface area contributed by atoms with Crippen molar-refractivity contribution in [3.8, 4) is 11.5 Å². The van der Waals surface area contributed by atoms with Gasteiger partial charge in [-0.3, -0.25) is 14.6 Å². The predicted octanol–water partition coefficient (Wildman–Crippen LogP) is 3.41. The molecule has 4 aliphatic rings. The summed E-state index contributed by atoms with van der Waals surface area (Å²) in [5.74, 6) is 2.07. The topological polar surface area (TPSA) is 45.3 Å². The van der Waals surface area contributed by atoms with Gasteiger partial charge in [0.05, 0.1) is 0 Å². The van der Waals surface area contributed by atoms with Gasteiger partial charge < -0.3 is 14.4 Å². The van der Waals surface area contributed by atoms with E-state index < -0.39 is 0 Å². The molecule has 0 spiro atoms. The van der Waals surface area contributed by atoms with Crippen LogP contribution in [0.2, 0.25) is 0 Å². The molecular weight excluding hydrogens is 390 g/mol. The Bertz CT molecular complexity index is 816. The fourth-order valence-corrected chi connectivity index (χ4v) is 5.43. The van der Waals surface area contributed by atoms with Crippen molar-refractivity contribution in [2.75, 3.05) is 46.1 Å². The van der Waals surface area contributed by atoms with Crippen LogP contribution in [0.4, 0.5) is 0 Å². The van der Waals surface area contributed by atoms with E-state index in [2.05, 4.69) is 32.9 Å². The van der Waals surface area contributed by atoms with Crippen molar-refractivity contribution in [2.24, 2.45) is 0 Å². The monoisotopic (exact) mass is 425 g/mol. The van der Waals surface area contributed by atoms with Crippen LogP contribution >= 0.6 is 0 Å². The van der Waals surface area contributed by atoms with Gasteiger partial charge >= 0.3 is 0 Å². The Morgan fingerprint density at radius 1 is 1.00 bits per heavy atom.